The van der Waals surface area contributed by atoms with E-state index in [0.29, 0.717) is 0 Å². The van der Waals surface area contributed by atoms with Crippen LogP contribution in [0.2, 0.25) is 0 Å². The molecule has 2 aromatic heterocycles. The Balaban J connectivity index is 1.95. The van der Waals surface area contributed by atoms with E-state index in [0.717, 1.165) is 34.9 Å². The highest BCUT2D eigenvalue weighted by molar-refractivity contribution is 5.79. The number of rotatable bonds is 5. The zero-order valence-electron chi connectivity index (χ0n) is 14.0. The predicted molar refractivity (Wildman–Crippen MR) is 91.2 cm³/mol. The van der Waals surface area contributed by atoms with Crippen molar-refractivity contribution in [1.29, 1.82) is 0 Å². The summed E-state index contributed by atoms with van der Waals surface area (Å²) in [6.07, 6.45) is 2.00. The molecule has 0 fully saturated rings. The molecule has 5 nitrogen and oxygen atoms in total. The number of nitrogens with zero attached hydrogens (tertiary/aromatic N) is 4. The number of aryl methyl sites for hydroxylation is 1. The van der Waals surface area contributed by atoms with Crippen molar-refractivity contribution in [3.05, 3.63) is 48.4 Å². The van der Waals surface area contributed by atoms with Crippen molar-refractivity contribution in [2.24, 2.45) is 0 Å². The Bertz CT molecular complexity index is 788. The first-order chi connectivity index (χ1) is 11.0. The van der Waals surface area contributed by atoms with Gasteiger partial charge in [-0.15, -0.1) is 5.10 Å². The molecule has 5 heteroatoms. The standard InChI is InChI=1S/C18H22N4O/c1-13(11-21(3)4)22-12-17(19-20-22)15-7-5-6-8-16(15)18-10-9-14(2)23-18/h5-10,12-13H,11H2,1-4H3. The maximum absolute atomic E-state index is 5.78. The van der Waals surface area contributed by atoms with E-state index in [4.69, 9.17) is 4.42 Å². The second-order valence-corrected chi connectivity index (χ2v) is 6.15. The number of benzene rings is 1. The van der Waals surface area contributed by atoms with Gasteiger partial charge >= 0.3 is 0 Å². The van der Waals surface area contributed by atoms with E-state index >= 15 is 0 Å². The summed E-state index contributed by atoms with van der Waals surface area (Å²) in [4.78, 5) is 2.14. The Morgan fingerprint density at radius 1 is 1.13 bits per heavy atom. The molecule has 0 saturated carbocycles. The summed E-state index contributed by atoms with van der Waals surface area (Å²) in [5.41, 5.74) is 2.93. The molecule has 0 N–H and O–H groups in total. The minimum Gasteiger partial charge on any atom is -0.461 e. The van der Waals surface area contributed by atoms with Gasteiger partial charge in [-0.2, -0.15) is 0 Å². The summed E-state index contributed by atoms with van der Waals surface area (Å²) in [5.74, 6) is 1.76. The van der Waals surface area contributed by atoms with E-state index in [2.05, 4.69) is 48.4 Å². The number of hydrogen-bond donors (Lipinski definition) is 0. The second-order valence-electron chi connectivity index (χ2n) is 6.15. The van der Waals surface area contributed by atoms with Crippen LogP contribution in [0.25, 0.3) is 22.6 Å². The summed E-state index contributed by atoms with van der Waals surface area (Å²) >= 11 is 0. The molecule has 0 aliphatic rings. The van der Waals surface area contributed by atoms with Crippen LogP contribution < -0.4 is 0 Å². The van der Waals surface area contributed by atoms with E-state index in [1.165, 1.54) is 0 Å². The van der Waals surface area contributed by atoms with Gasteiger partial charge in [0.05, 0.1) is 12.2 Å². The molecule has 3 aromatic rings. The quantitative estimate of drug-likeness (QED) is 0.722. The van der Waals surface area contributed by atoms with Crippen LogP contribution in [0.15, 0.2) is 47.0 Å². The van der Waals surface area contributed by atoms with Gasteiger partial charge in [0, 0.05) is 17.7 Å². The first-order valence-corrected chi connectivity index (χ1v) is 7.77. The van der Waals surface area contributed by atoms with E-state index in [1.807, 2.05) is 42.1 Å². The summed E-state index contributed by atoms with van der Waals surface area (Å²) in [7, 11) is 4.12. The van der Waals surface area contributed by atoms with Crippen molar-refractivity contribution >= 4 is 0 Å². The smallest absolute Gasteiger partial charge is 0.134 e. The van der Waals surface area contributed by atoms with E-state index in [-0.39, 0.29) is 6.04 Å². The molecule has 1 unspecified atom stereocenters. The number of furan rings is 1. The van der Waals surface area contributed by atoms with E-state index in [9.17, 15) is 0 Å². The average Bonchev–Trinajstić information content (AvgIpc) is 3.15. The van der Waals surface area contributed by atoms with Gasteiger partial charge in [0.1, 0.15) is 17.2 Å². The summed E-state index contributed by atoms with van der Waals surface area (Å²) < 4.78 is 7.69. The zero-order valence-corrected chi connectivity index (χ0v) is 14.0. The number of hydrogen-bond acceptors (Lipinski definition) is 4. The second kappa shape index (κ2) is 6.38. The van der Waals surface area contributed by atoms with Crippen LogP contribution in [-0.2, 0) is 0 Å². The van der Waals surface area contributed by atoms with Crippen molar-refractivity contribution in [1.82, 2.24) is 19.9 Å². The first kappa shape index (κ1) is 15.5. The van der Waals surface area contributed by atoms with Gasteiger partial charge < -0.3 is 9.32 Å². The third kappa shape index (κ3) is 3.35. The maximum Gasteiger partial charge on any atom is 0.134 e. The maximum atomic E-state index is 5.78. The Hall–Kier alpha value is -2.40. The predicted octanol–water partition coefficient (Wildman–Crippen LogP) is 3.64. The number of likely N-dealkylation sites (N-methyl/N-ethyl adjacent to an activating group) is 1. The first-order valence-electron chi connectivity index (χ1n) is 7.77. The van der Waals surface area contributed by atoms with Crippen molar-refractivity contribution in [2.75, 3.05) is 20.6 Å². The topological polar surface area (TPSA) is 47.1 Å². The minimum absolute atomic E-state index is 0.268. The monoisotopic (exact) mass is 310 g/mol. The van der Waals surface area contributed by atoms with Gasteiger partial charge in [-0.1, -0.05) is 29.5 Å². The lowest BCUT2D eigenvalue weighted by atomic mass is 10.0. The van der Waals surface area contributed by atoms with Gasteiger partial charge in [0.2, 0.25) is 0 Å². The van der Waals surface area contributed by atoms with Crippen LogP contribution >= 0.6 is 0 Å². The Labute approximate surface area is 136 Å². The lowest BCUT2D eigenvalue weighted by Gasteiger charge is -2.16. The van der Waals surface area contributed by atoms with Gasteiger partial charge in [0.25, 0.3) is 0 Å². The highest BCUT2D eigenvalue weighted by Crippen LogP contribution is 2.32. The molecule has 2 heterocycles. The molecule has 0 amide bonds. The molecule has 3 rings (SSSR count). The molecule has 0 bridgehead atoms. The molecule has 0 spiro atoms. The summed E-state index contributed by atoms with van der Waals surface area (Å²) in [6.45, 7) is 5.01. The number of aromatic nitrogens is 3. The third-order valence-corrected chi connectivity index (χ3v) is 3.80. The average molecular weight is 310 g/mol. The lowest BCUT2D eigenvalue weighted by Crippen LogP contribution is -2.22. The molecular weight excluding hydrogens is 288 g/mol. The van der Waals surface area contributed by atoms with Crippen LogP contribution in [0.4, 0.5) is 0 Å². The van der Waals surface area contributed by atoms with E-state index in [1.54, 1.807) is 0 Å². The third-order valence-electron chi connectivity index (χ3n) is 3.80. The summed E-state index contributed by atoms with van der Waals surface area (Å²) in [5, 5.41) is 8.66. The van der Waals surface area contributed by atoms with Crippen LogP contribution in [-0.4, -0.2) is 40.5 Å². The molecule has 120 valence electrons. The van der Waals surface area contributed by atoms with E-state index < -0.39 is 0 Å². The fourth-order valence-corrected chi connectivity index (χ4v) is 2.73. The molecule has 1 aromatic carbocycles. The van der Waals surface area contributed by atoms with Gasteiger partial charge in [0.15, 0.2) is 0 Å². The normalized spacial score (nSPS) is 12.7. The summed E-state index contributed by atoms with van der Waals surface area (Å²) in [6, 6.07) is 12.4. The molecule has 23 heavy (non-hydrogen) atoms. The SMILES string of the molecule is Cc1ccc(-c2ccccc2-c2cn(C(C)CN(C)C)nn2)o1. The lowest BCUT2D eigenvalue weighted by molar-refractivity contribution is 0.319. The van der Waals surface area contributed by atoms with Crippen LogP contribution in [0, 0.1) is 6.92 Å². The highest BCUT2D eigenvalue weighted by Gasteiger charge is 2.15. The largest absolute Gasteiger partial charge is 0.461 e. The van der Waals surface area contributed by atoms with Crippen molar-refractivity contribution in [2.45, 2.75) is 19.9 Å². The van der Waals surface area contributed by atoms with Crippen molar-refractivity contribution < 1.29 is 4.42 Å². The molecule has 0 aliphatic heterocycles. The van der Waals surface area contributed by atoms with Crippen LogP contribution in [0.3, 0.4) is 0 Å². The van der Waals surface area contributed by atoms with Crippen molar-refractivity contribution in [3.63, 3.8) is 0 Å². The van der Waals surface area contributed by atoms with Gasteiger partial charge in [-0.3, -0.25) is 0 Å². The molecular formula is C18H22N4O. The Morgan fingerprint density at radius 3 is 2.52 bits per heavy atom. The van der Waals surface area contributed by atoms with Gasteiger partial charge in [-0.05, 0) is 40.1 Å². The molecule has 0 aliphatic carbocycles. The Morgan fingerprint density at radius 2 is 1.87 bits per heavy atom. The highest BCUT2D eigenvalue weighted by atomic mass is 16.3. The molecule has 0 saturated heterocycles. The van der Waals surface area contributed by atoms with Crippen molar-refractivity contribution in [3.8, 4) is 22.6 Å². The fraction of sp³-hybridized carbons (Fsp3) is 0.333. The Kier molecular flexibility index (Phi) is 4.30. The molecule has 0 radical (unpaired) electrons. The van der Waals surface area contributed by atoms with Gasteiger partial charge in [-0.25, -0.2) is 4.68 Å². The zero-order chi connectivity index (χ0) is 16.4. The minimum atomic E-state index is 0.268. The van der Waals surface area contributed by atoms with Crippen LogP contribution in [0.1, 0.15) is 18.7 Å². The van der Waals surface area contributed by atoms with Crippen LogP contribution in [0.5, 0.6) is 0 Å². The fourth-order valence-electron chi connectivity index (χ4n) is 2.73. The molecule has 1 atom stereocenters.